The van der Waals surface area contributed by atoms with E-state index in [1.165, 1.54) is 5.56 Å². The van der Waals surface area contributed by atoms with Crippen LogP contribution in [-0.4, -0.2) is 32.1 Å². The molecule has 1 N–H and O–H groups in total. The normalized spacial score (nSPS) is 12.4. The molecule has 0 radical (unpaired) electrons. The number of hydrogen-bond donors (Lipinski definition) is 1. The molecule has 0 fully saturated rings. The number of hydrogen-bond acceptors (Lipinski definition) is 3. The summed E-state index contributed by atoms with van der Waals surface area (Å²) in [6, 6.07) is 10.3. The van der Waals surface area contributed by atoms with E-state index in [1.54, 1.807) is 0 Å². The molecule has 0 aliphatic rings. The van der Waals surface area contributed by atoms with E-state index in [0.717, 1.165) is 25.1 Å². The molecule has 0 aromatic heterocycles. The highest BCUT2D eigenvalue weighted by atomic mass is 15.1. The van der Waals surface area contributed by atoms with Gasteiger partial charge in [-0.05, 0) is 31.6 Å². The van der Waals surface area contributed by atoms with Gasteiger partial charge in [-0.1, -0.05) is 31.2 Å². The zero-order valence-electron chi connectivity index (χ0n) is 10.9. The van der Waals surface area contributed by atoms with Crippen molar-refractivity contribution in [1.29, 1.82) is 5.26 Å². The molecule has 1 rings (SSSR count). The van der Waals surface area contributed by atoms with Gasteiger partial charge in [0, 0.05) is 13.1 Å². The molecule has 0 saturated carbocycles. The van der Waals surface area contributed by atoms with Crippen LogP contribution in [0.1, 0.15) is 24.1 Å². The maximum absolute atomic E-state index is 9.24. The third kappa shape index (κ3) is 4.18. The molecule has 1 aromatic carbocycles. The summed E-state index contributed by atoms with van der Waals surface area (Å²) < 4.78 is 0. The standard InChI is InChI=1S/C14H21N3/c1-4-12-7-5-6-8-13(12)14(11-15)16-9-10-17(2)3/h5-8,14,16H,4,9-10H2,1-3H3. The van der Waals surface area contributed by atoms with Crippen LogP contribution in [0, 0.1) is 11.3 Å². The summed E-state index contributed by atoms with van der Waals surface area (Å²) in [6.07, 6.45) is 0.962. The largest absolute Gasteiger partial charge is 0.308 e. The number of rotatable bonds is 6. The van der Waals surface area contributed by atoms with E-state index in [-0.39, 0.29) is 6.04 Å². The average molecular weight is 231 g/mol. The number of nitriles is 1. The highest BCUT2D eigenvalue weighted by Gasteiger charge is 2.12. The Kier molecular flexibility index (Phi) is 5.68. The van der Waals surface area contributed by atoms with Crippen LogP contribution >= 0.6 is 0 Å². The second-order valence-electron chi connectivity index (χ2n) is 4.37. The first-order valence-corrected chi connectivity index (χ1v) is 6.04. The van der Waals surface area contributed by atoms with Gasteiger partial charge in [-0.25, -0.2) is 0 Å². The second kappa shape index (κ2) is 7.05. The first kappa shape index (κ1) is 13.7. The highest BCUT2D eigenvalue weighted by molar-refractivity contribution is 5.33. The van der Waals surface area contributed by atoms with Crippen LogP contribution < -0.4 is 5.32 Å². The Morgan fingerprint density at radius 2 is 2.06 bits per heavy atom. The summed E-state index contributed by atoms with van der Waals surface area (Å²) in [6.45, 7) is 3.88. The van der Waals surface area contributed by atoms with E-state index < -0.39 is 0 Å². The van der Waals surface area contributed by atoms with Crippen LogP contribution in [0.25, 0.3) is 0 Å². The number of nitrogens with zero attached hydrogens (tertiary/aromatic N) is 2. The van der Waals surface area contributed by atoms with Crippen LogP contribution in [0.15, 0.2) is 24.3 Å². The molecule has 0 aliphatic carbocycles. The Balaban J connectivity index is 2.70. The van der Waals surface area contributed by atoms with Gasteiger partial charge in [-0.2, -0.15) is 5.26 Å². The van der Waals surface area contributed by atoms with Gasteiger partial charge in [-0.15, -0.1) is 0 Å². The SMILES string of the molecule is CCc1ccccc1C(C#N)NCCN(C)C. The number of nitrogens with one attached hydrogen (secondary N) is 1. The first-order valence-electron chi connectivity index (χ1n) is 6.04. The summed E-state index contributed by atoms with van der Waals surface area (Å²) in [5, 5.41) is 12.5. The summed E-state index contributed by atoms with van der Waals surface area (Å²) >= 11 is 0. The molecule has 0 bridgehead atoms. The fourth-order valence-electron chi connectivity index (χ4n) is 1.80. The van der Waals surface area contributed by atoms with Gasteiger partial charge in [0.15, 0.2) is 0 Å². The lowest BCUT2D eigenvalue weighted by Crippen LogP contribution is -2.29. The Bertz CT molecular complexity index is 379. The van der Waals surface area contributed by atoms with Crippen molar-refractivity contribution in [3.63, 3.8) is 0 Å². The van der Waals surface area contributed by atoms with E-state index in [9.17, 15) is 5.26 Å². The lowest BCUT2D eigenvalue weighted by molar-refractivity contribution is 0.395. The lowest BCUT2D eigenvalue weighted by Gasteiger charge is -2.17. The van der Waals surface area contributed by atoms with Gasteiger partial charge in [0.25, 0.3) is 0 Å². The highest BCUT2D eigenvalue weighted by Crippen LogP contribution is 2.17. The third-order valence-electron chi connectivity index (χ3n) is 2.78. The molecule has 1 aromatic rings. The minimum absolute atomic E-state index is 0.203. The van der Waals surface area contributed by atoms with Crippen molar-refractivity contribution in [3.05, 3.63) is 35.4 Å². The van der Waals surface area contributed by atoms with Crippen molar-refractivity contribution in [1.82, 2.24) is 10.2 Å². The predicted octanol–water partition coefficient (Wildman–Crippen LogP) is 1.96. The minimum Gasteiger partial charge on any atom is -0.308 e. The molecule has 0 spiro atoms. The van der Waals surface area contributed by atoms with Gasteiger partial charge in [0.2, 0.25) is 0 Å². The van der Waals surface area contributed by atoms with E-state index in [1.807, 2.05) is 32.3 Å². The van der Waals surface area contributed by atoms with E-state index in [2.05, 4.69) is 29.3 Å². The van der Waals surface area contributed by atoms with Crippen molar-refractivity contribution in [2.75, 3.05) is 27.2 Å². The Morgan fingerprint density at radius 1 is 1.35 bits per heavy atom. The topological polar surface area (TPSA) is 39.1 Å². The Labute approximate surface area is 104 Å². The Hall–Kier alpha value is -1.37. The molecule has 17 heavy (non-hydrogen) atoms. The average Bonchev–Trinajstić information content (AvgIpc) is 2.34. The van der Waals surface area contributed by atoms with Crippen LogP contribution in [0.5, 0.6) is 0 Å². The molecule has 92 valence electrons. The van der Waals surface area contributed by atoms with E-state index >= 15 is 0 Å². The van der Waals surface area contributed by atoms with Gasteiger partial charge in [0.1, 0.15) is 6.04 Å². The molecular weight excluding hydrogens is 210 g/mol. The minimum atomic E-state index is -0.203. The van der Waals surface area contributed by atoms with Gasteiger partial charge in [-0.3, -0.25) is 5.32 Å². The van der Waals surface area contributed by atoms with Gasteiger partial charge >= 0.3 is 0 Å². The molecule has 3 heteroatoms. The summed E-state index contributed by atoms with van der Waals surface area (Å²) in [4.78, 5) is 2.10. The predicted molar refractivity (Wildman–Crippen MR) is 70.7 cm³/mol. The van der Waals surface area contributed by atoms with Crippen LogP contribution in [-0.2, 0) is 6.42 Å². The van der Waals surface area contributed by atoms with Crippen LogP contribution in [0.2, 0.25) is 0 Å². The molecule has 1 atom stereocenters. The quantitative estimate of drug-likeness (QED) is 0.813. The third-order valence-corrected chi connectivity index (χ3v) is 2.78. The first-order chi connectivity index (χ1) is 8.19. The zero-order valence-corrected chi connectivity index (χ0v) is 10.9. The molecular formula is C14H21N3. The summed E-state index contributed by atoms with van der Waals surface area (Å²) in [5.74, 6) is 0. The maximum atomic E-state index is 9.24. The molecule has 1 unspecified atom stereocenters. The molecule has 0 aliphatic heterocycles. The number of likely N-dealkylation sites (N-methyl/N-ethyl adjacent to an activating group) is 1. The smallest absolute Gasteiger partial charge is 0.121 e. The zero-order chi connectivity index (χ0) is 12.7. The van der Waals surface area contributed by atoms with Crippen molar-refractivity contribution in [2.24, 2.45) is 0 Å². The van der Waals surface area contributed by atoms with Gasteiger partial charge < -0.3 is 4.90 Å². The van der Waals surface area contributed by atoms with Crippen LogP contribution in [0.4, 0.5) is 0 Å². The maximum Gasteiger partial charge on any atom is 0.121 e. The van der Waals surface area contributed by atoms with Crippen molar-refractivity contribution in [2.45, 2.75) is 19.4 Å². The molecule has 0 heterocycles. The fraction of sp³-hybridized carbons (Fsp3) is 0.500. The summed E-state index contributed by atoms with van der Waals surface area (Å²) in [7, 11) is 4.06. The Morgan fingerprint density at radius 3 is 2.65 bits per heavy atom. The summed E-state index contributed by atoms with van der Waals surface area (Å²) in [5.41, 5.74) is 2.35. The molecule has 0 saturated heterocycles. The lowest BCUT2D eigenvalue weighted by atomic mass is 9.99. The second-order valence-corrected chi connectivity index (χ2v) is 4.37. The number of benzene rings is 1. The van der Waals surface area contributed by atoms with Crippen LogP contribution in [0.3, 0.4) is 0 Å². The number of aryl methyl sites for hydroxylation is 1. The molecule has 0 amide bonds. The monoisotopic (exact) mass is 231 g/mol. The van der Waals surface area contributed by atoms with E-state index in [4.69, 9.17) is 0 Å². The fourth-order valence-corrected chi connectivity index (χ4v) is 1.80. The van der Waals surface area contributed by atoms with Gasteiger partial charge in [0.05, 0.1) is 6.07 Å². The van der Waals surface area contributed by atoms with Crippen molar-refractivity contribution < 1.29 is 0 Å². The van der Waals surface area contributed by atoms with E-state index in [0.29, 0.717) is 0 Å². The molecule has 3 nitrogen and oxygen atoms in total. The van der Waals surface area contributed by atoms with Crippen molar-refractivity contribution >= 4 is 0 Å². The van der Waals surface area contributed by atoms with Crippen molar-refractivity contribution in [3.8, 4) is 6.07 Å².